The first-order valence-corrected chi connectivity index (χ1v) is 7.35. The van der Waals surface area contributed by atoms with E-state index in [1.165, 1.54) is 0 Å². The van der Waals surface area contributed by atoms with Crippen molar-refractivity contribution in [2.75, 3.05) is 27.7 Å². The van der Waals surface area contributed by atoms with Crippen LogP contribution in [-0.4, -0.2) is 54.4 Å². The van der Waals surface area contributed by atoms with Gasteiger partial charge < -0.3 is 20.5 Å². The van der Waals surface area contributed by atoms with Gasteiger partial charge in [-0.1, -0.05) is 30.3 Å². The lowest BCUT2D eigenvalue weighted by molar-refractivity contribution is -0.119. The van der Waals surface area contributed by atoms with Gasteiger partial charge in [0.05, 0.1) is 25.0 Å². The van der Waals surface area contributed by atoms with Gasteiger partial charge in [0, 0.05) is 21.1 Å². The molecule has 1 heterocycles. The number of aliphatic imine (C=N–C) groups is 1. The molecule has 0 bridgehead atoms. The summed E-state index contributed by atoms with van der Waals surface area (Å²) in [6.45, 7) is 0.737. The average molecular weight is 442 g/mol. The van der Waals surface area contributed by atoms with E-state index in [0.29, 0.717) is 12.5 Å². The first-order chi connectivity index (χ1) is 11.1. The van der Waals surface area contributed by atoms with E-state index >= 15 is 0 Å². The average Bonchev–Trinajstić information content (AvgIpc) is 3.04. The number of likely N-dealkylation sites (N-methyl/N-ethyl adjacent to an activating group) is 1. The number of carbonyl (C=O) groups is 1. The Balaban J connectivity index is 0.00000288. The van der Waals surface area contributed by atoms with Gasteiger partial charge in [-0.25, -0.2) is 4.98 Å². The van der Waals surface area contributed by atoms with Crippen molar-refractivity contribution in [1.82, 2.24) is 25.5 Å². The van der Waals surface area contributed by atoms with E-state index in [2.05, 4.69) is 25.6 Å². The number of carbonyl (C=O) groups excluding carboxylic acids is 1. The van der Waals surface area contributed by atoms with Crippen LogP contribution in [0, 0.1) is 0 Å². The topological polar surface area (TPSA) is 85.4 Å². The van der Waals surface area contributed by atoms with Crippen molar-refractivity contribution in [3.63, 3.8) is 0 Å². The summed E-state index contributed by atoms with van der Waals surface area (Å²) in [4.78, 5) is 25.1. The number of H-pyrrole nitrogens is 1. The lowest BCUT2D eigenvalue weighted by Gasteiger charge is -2.20. The minimum Gasteiger partial charge on any atom is -0.358 e. The highest BCUT2D eigenvalue weighted by atomic mass is 127. The SMILES string of the molecule is CN=C(NCC(=O)NC)N(C)Cc1ncc(-c2ccccc2)[nH]1.I. The standard InChI is InChI=1S/C16H22N6O.HI/c1-17-15(23)10-20-16(18-2)22(3)11-14-19-9-13(21-14)12-7-5-4-6-8-12;/h4-9H,10-11H2,1-3H3,(H,17,23)(H,18,20)(H,19,21);1H. The molecule has 0 aliphatic rings. The van der Waals surface area contributed by atoms with Crippen molar-refractivity contribution < 1.29 is 4.79 Å². The second kappa shape index (κ2) is 9.91. The van der Waals surface area contributed by atoms with Crippen LogP contribution >= 0.6 is 24.0 Å². The zero-order valence-corrected chi connectivity index (χ0v) is 16.4. The van der Waals surface area contributed by atoms with Crippen LogP contribution in [0.1, 0.15) is 5.82 Å². The predicted molar refractivity (Wildman–Crippen MR) is 106 cm³/mol. The molecule has 0 aliphatic carbocycles. The number of guanidine groups is 1. The largest absolute Gasteiger partial charge is 0.358 e. The van der Waals surface area contributed by atoms with Crippen LogP contribution in [0.5, 0.6) is 0 Å². The Morgan fingerprint density at radius 2 is 2.04 bits per heavy atom. The number of halogens is 1. The first kappa shape index (κ1) is 19.9. The Hall–Kier alpha value is -2.10. The number of rotatable bonds is 5. The maximum Gasteiger partial charge on any atom is 0.239 e. The molecule has 2 aromatic rings. The molecule has 0 unspecified atom stereocenters. The van der Waals surface area contributed by atoms with Crippen LogP contribution in [0.25, 0.3) is 11.3 Å². The van der Waals surface area contributed by atoms with Gasteiger partial charge >= 0.3 is 0 Å². The Labute approximate surface area is 159 Å². The minimum absolute atomic E-state index is 0. The van der Waals surface area contributed by atoms with Gasteiger partial charge in [-0.15, -0.1) is 24.0 Å². The van der Waals surface area contributed by atoms with Gasteiger partial charge in [0.15, 0.2) is 5.96 Å². The monoisotopic (exact) mass is 442 g/mol. The molecule has 24 heavy (non-hydrogen) atoms. The lowest BCUT2D eigenvalue weighted by atomic mass is 10.2. The van der Waals surface area contributed by atoms with Crippen LogP contribution in [0.15, 0.2) is 41.5 Å². The number of nitrogens with zero attached hydrogens (tertiary/aromatic N) is 3. The van der Waals surface area contributed by atoms with Gasteiger partial charge in [0.2, 0.25) is 5.91 Å². The molecule has 2 rings (SSSR count). The molecular weight excluding hydrogens is 419 g/mol. The van der Waals surface area contributed by atoms with Crippen molar-refractivity contribution in [2.24, 2.45) is 4.99 Å². The van der Waals surface area contributed by atoms with Crippen LogP contribution < -0.4 is 10.6 Å². The van der Waals surface area contributed by atoms with E-state index in [-0.39, 0.29) is 36.4 Å². The molecule has 7 nitrogen and oxygen atoms in total. The zero-order valence-electron chi connectivity index (χ0n) is 14.0. The quantitative estimate of drug-likeness (QED) is 0.372. The Morgan fingerprint density at radius 1 is 1.33 bits per heavy atom. The van der Waals surface area contributed by atoms with Crippen molar-refractivity contribution in [2.45, 2.75) is 6.54 Å². The highest BCUT2D eigenvalue weighted by molar-refractivity contribution is 14.0. The fourth-order valence-corrected chi connectivity index (χ4v) is 2.14. The highest BCUT2D eigenvalue weighted by Gasteiger charge is 2.10. The number of benzene rings is 1. The third kappa shape index (κ3) is 5.52. The molecule has 0 atom stereocenters. The second-order valence-electron chi connectivity index (χ2n) is 5.04. The maximum absolute atomic E-state index is 11.3. The molecule has 1 amide bonds. The summed E-state index contributed by atoms with van der Waals surface area (Å²) < 4.78 is 0. The summed E-state index contributed by atoms with van der Waals surface area (Å²) in [6.07, 6.45) is 1.82. The van der Waals surface area contributed by atoms with Gasteiger partial charge in [0.25, 0.3) is 0 Å². The van der Waals surface area contributed by atoms with Gasteiger partial charge in [0.1, 0.15) is 5.82 Å². The summed E-state index contributed by atoms with van der Waals surface area (Å²) in [5.41, 5.74) is 2.07. The molecule has 0 saturated carbocycles. The van der Waals surface area contributed by atoms with Gasteiger partial charge in [-0.05, 0) is 5.56 Å². The lowest BCUT2D eigenvalue weighted by Crippen LogP contribution is -2.43. The number of hydrogen-bond acceptors (Lipinski definition) is 3. The molecule has 0 saturated heterocycles. The third-order valence-electron chi connectivity index (χ3n) is 3.36. The van der Waals surface area contributed by atoms with E-state index in [9.17, 15) is 4.79 Å². The molecule has 3 N–H and O–H groups in total. The van der Waals surface area contributed by atoms with Gasteiger partial charge in [-0.3, -0.25) is 9.79 Å². The summed E-state index contributed by atoms with van der Waals surface area (Å²) in [5.74, 6) is 1.37. The maximum atomic E-state index is 11.3. The molecule has 130 valence electrons. The van der Waals surface area contributed by atoms with E-state index in [1.54, 1.807) is 14.1 Å². The molecule has 8 heteroatoms. The van der Waals surface area contributed by atoms with Crippen LogP contribution in [0.4, 0.5) is 0 Å². The number of aromatic nitrogens is 2. The molecule has 0 fully saturated rings. The van der Waals surface area contributed by atoms with Crippen molar-refractivity contribution >= 4 is 35.8 Å². The number of amides is 1. The van der Waals surface area contributed by atoms with Crippen molar-refractivity contribution in [3.05, 3.63) is 42.4 Å². The van der Waals surface area contributed by atoms with E-state index in [4.69, 9.17) is 0 Å². The fourth-order valence-electron chi connectivity index (χ4n) is 2.14. The van der Waals surface area contributed by atoms with E-state index in [0.717, 1.165) is 17.1 Å². The van der Waals surface area contributed by atoms with Crippen LogP contribution in [0.2, 0.25) is 0 Å². The van der Waals surface area contributed by atoms with Crippen molar-refractivity contribution in [1.29, 1.82) is 0 Å². The van der Waals surface area contributed by atoms with E-state index < -0.39 is 0 Å². The Bertz CT molecular complexity index is 670. The highest BCUT2D eigenvalue weighted by Crippen LogP contribution is 2.16. The first-order valence-electron chi connectivity index (χ1n) is 7.35. The number of hydrogen-bond donors (Lipinski definition) is 3. The molecule has 0 spiro atoms. The Morgan fingerprint density at radius 3 is 2.67 bits per heavy atom. The smallest absolute Gasteiger partial charge is 0.239 e. The van der Waals surface area contributed by atoms with Crippen LogP contribution in [0.3, 0.4) is 0 Å². The predicted octanol–water partition coefficient (Wildman–Crippen LogP) is 1.45. The summed E-state index contributed by atoms with van der Waals surface area (Å²) >= 11 is 0. The minimum atomic E-state index is -0.0936. The van der Waals surface area contributed by atoms with Crippen molar-refractivity contribution in [3.8, 4) is 11.3 Å². The molecule has 0 radical (unpaired) electrons. The summed E-state index contributed by atoms with van der Waals surface area (Å²) in [6, 6.07) is 10.0. The summed E-state index contributed by atoms with van der Waals surface area (Å²) in [5, 5.41) is 5.56. The normalized spacial score (nSPS) is 10.7. The molecule has 0 aliphatic heterocycles. The summed E-state index contributed by atoms with van der Waals surface area (Å²) in [7, 11) is 5.18. The van der Waals surface area contributed by atoms with Gasteiger partial charge in [-0.2, -0.15) is 0 Å². The van der Waals surface area contributed by atoms with Crippen LogP contribution in [-0.2, 0) is 11.3 Å². The van der Waals surface area contributed by atoms with E-state index in [1.807, 2.05) is 48.5 Å². The second-order valence-corrected chi connectivity index (χ2v) is 5.04. The molecule has 1 aromatic carbocycles. The molecular formula is C16H23IN6O. The fraction of sp³-hybridized carbons (Fsp3) is 0.312. The zero-order chi connectivity index (χ0) is 16.7. The Kier molecular flexibility index (Phi) is 8.24. The number of aromatic amines is 1. The molecule has 1 aromatic heterocycles. The third-order valence-corrected chi connectivity index (χ3v) is 3.36. The number of nitrogens with one attached hydrogen (secondary N) is 3. The number of imidazole rings is 1.